The van der Waals surface area contributed by atoms with Gasteiger partial charge in [-0.3, -0.25) is 4.79 Å². The summed E-state index contributed by atoms with van der Waals surface area (Å²) in [7, 11) is 0. The number of ether oxygens (including phenoxy) is 1. The Morgan fingerprint density at radius 3 is 2.86 bits per heavy atom. The number of allylic oxidation sites excluding steroid dienone is 1. The summed E-state index contributed by atoms with van der Waals surface area (Å²) in [5.41, 5.74) is 0.171. The predicted octanol–water partition coefficient (Wildman–Crippen LogP) is 4.58. The minimum absolute atomic E-state index is 0.0923. The number of halogens is 3. The zero-order valence-corrected chi connectivity index (χ0v) is 15.3. The number of aromatic nitrogens is 2. The molecule has 1 aromatic carbocycles. The molecule has 0 spiro atoms. The summed E-state index contributed by atoms with van der Waals surface area (Å²) in [5, 5.41) is 14.4. The highest BCUT2D eigenvalue weighted by atomic mass is 35.5. The first-order chi connectivity index (χ1) is 13.8. The van der Waals surface area contributed by atoms with Gasteiger partial charge in [0.05, 0.1) is 11.3 Å². The van der Waals surface area contributed by atoms with Gasteiger partial charge in [0, 0.05) is 5.56 Å². The molecule has 0 aliphatic rings. The lowest BCUT2D eigenvalue weighted by Crippen LogP contribution is -2.03. The van der Waals surface area contributed by atoms with Gasteiger partial charge >= 0.3 is 12.4 Å². The van der Waals surface area contributed by atoms with Crippen LogP contribution in [0.1, 0.15) is 21.9 Å². The molecule has 0 amide bonds. The van der Waals surface area contributed by atoms with Crippen molar-refractivity contribution in [3.05, 3.63) is 80.9 Å². The summed E-state index contributed by atoms with van der Waals surface area (Å²) in [6.45, 7) is -2.88. The molecule has 0 aliphatic heterocycles. The second kappa shape index (κ2) is 8.65. The van der Waals surface area contributed by atoms with Crippen LogP contribution in [0, 0.1) is 10.1 Å². The Bertz CT molecular complexity index is 1080. The minimum Gasteiger partial charge on any atom is -0.460 e. The van der Waals surface area contributed by atoms with Crippen LogP contribution in [0.15, 0.2) is 53.1 Å². The smallest absolute Gasteiger partial charge is 0.408 e. The lowest BCUT2D eigenvalue weighted by Gasteiger charge is -2.04. The number of nitro groups is 1. The lowest BCUT2D eigenvalue weighted by molar-refractivity contribution is -0.389. The van der Waals surface area contributed by atoms with E-state index in [1.54, 1.807) is 12.1 Å². The topological polar surface area (TPSA) is 100 Å². The summed E-state index contributed by atoms with van der Waals surface area (Å²) in [6.07, 6.45) is 3.93. The Labute approximate surface area is 167 Å². The van der Waals surface area contributed by atoms with E-state index in [0.717, 1.165) is 0 Å². The van der Waals surface area contributed by atoms with Crippen molar-refractivity contribution in [1.82, 2.24) is 9.78 Å². The summed E-state index contributed by atoms with van der Waals surface area (Å²) in [6, 6.07) is 8.63. The van der Waals surface area contributed by atoms with Crippen LogP contribution in [0.5, 0.6) is 5.75 Å². The third-order valence-electron chi connectivity index (χ3n) is 3.62. The first-order valence-corrected chi connectivity index (χ1v) is 8.43. The molecule has 150 valence electrons. The predicted molar refractivity (Wildman–Crippen MR) is 98.1 cm³/mol. The molecule has 0 fully saturated rings. The standard InChI is InChI=1S/C18H12ClF2N3O5/c19-15-10-23(22-17(15)24(26)27)9-14-5-4-12(28-14)6-7-16(25)11-2-1-3-13(8-11)29-18(20)21/h1-8,10,18H,9H2/b7-6+. The molecule has 3 aromatic rings. The highest BCUT2D eigenvalue weighted by molar-refractivity contribution is 6.32. The van der Waals surface area contributed by atoms with Gasteiger partial charge in [-0.25, -0.2) is 0 Å². The number of rotatable bonds is 8. The molecule has 11 heteroatoms. The molecule has 3 rings (SSSR count). The van der Waals surface area contributed by atoms with E-state index >= 15 is 0 Å². The first-order valence-electron chi connectivity index (χ1n) is 8.05. The van der Waals surface area contributed by atoms with Gasteiger partial charge in [0.1, 0.15) is 23.8 Å². The van der Waals surface area contributed by atoms with Crippen LogP contribution in [0.25, 0.3) is 6.08 Å². The summed E-state index contributed by atoms with van der Waals surface area (Å²) in [4.78, 5) is 22.3. The van der Waals surface area contributed by atoms with Crippen molar-refractivity contribution in [3.8, 4) is 5.75 Å². The molecule has 2 aromatic heterocycles. The van der Waals surface area contributed by atoms with Gasteiger partial charge in [-0.1, -0.05) is 23.7 Å². The molecule has 29 heavy (non-hydrogen) atoms. The Hall–Kier alpha value is -3.53. The fourth-order valence-corrected chi connectivity index (χ4v) is 2.62. The molecule has 0 N–H and O–H groups in total. The molecule has 0 radical (unpaired) electrons. The van der Waals surface area contributed by atoms with Gasteiger partial charge in [-0.15, -0.1) is 0 Å². The maximum Gasteiger partial charge on any atom is 0.408 e. The van der Waals surface area contributed by atoms with Gasteiger partial charge < -0.3 is 19.3 Å². The van der Waals surface area contributed by atoms with E-state index in [2.05, 4.69) is 9.84 Å². The third-order valence-corrected chi connectivity index (χ3v) is 3.88. The maximum absolute atomic E-state index is 12.3. The Kier molecular flexibility index (Phi) is 6.03. The first kappa shape index (κ1) is 20.2. The molecular weight excluding hydrogens is 412 g/mol. The van der Waals surface area contributed by atoms with Crippen molar-refractivity contribution in [2.45, 2.75) is 13.2 Å². The fraction of sp³-hybridized carbons (Fsp3) is 0.111. The van der Waals surface area contributed by atoms with Crippen LogP contribution in [0.3, 0.4) is 0 Å². The average Bonchev–Trinajstić information content (AvgIpc) is 3.25. The van der Waals surface area contributed by atoms with Crippen molar-refractivity contribution in [3.63, 3.8) is 0 Å². The van der Waals surface area contributed by atoms with E-state index in [1.807, 2.05) is 0 Å². The quantitative estimate of drug-likeness (QED) is 0.227. The van der Waals surface area contributed by atoms with E-state index in [4.69, 9.17) is 16.0 Å². The number of carbonyl (C=O) groups is 1. The van der Waals surface area contributed by atoms with Crippen LogP contribution in [-0.2, 0) is 6.54 Å². The van der Waals surface area contributed by atoms with Crippen LogP contribution < -0.4 is 4.74 Å². The highest BCUT2D eigenvalue weighted by Gasteiger charge is 2.19. The van der Waals surface area contributed by atoms with Gasteiger partial charge in [0.15, 0.2) is 10.8 Å². The largest absolute Gasteiger partial charge is 0.460 e. The monoisotopic (exact) mass is 423 g/mol. The van der Waals surface area contributed by atoms with E-state index in [9.17, 15) is 23.7 Å². The second-order valence-electron chi connectivity index (χ2n) is 5.66. The van der Waals surface area contributed by atoms with Crippen LogP contribution in [-0.4, -0.2) is 27.1 Å². The normalized spacial score (nSPS) is 11.3. The van der Waals surface area contributed by atoms with Gasteiger partial charge in [-0.05, 0) is 41.3 Å². The Morgan fingerprint density at radius 1 is 1.38 bits per heavy atom. The van der Waals surface area contributed by atoms with E-state index < -0.39 is 23.1 Å². The number of carbonyl (C=O) groups excluding carboxylic acids is 1. The van der Waals surface area contributed by atoms with Crippen molar-refractivity contribution in [1.29, 1.82) is 0 Å². The zero-order chi connectivity index (χ0) is 21.0. The third kappa shape index (κ3) is 5.26. The number of ketones is 1. The zero-order valence-electron chi connectivity index (χ0n) is 14.5. The molecule has 0 saturated carbocycles. The molecule has 2 heterocycles. The molecule has 0 unspecified atom stereocenters. The number of benzene rings is 1. The molecular formula is C18H12ClF2N3O5. The summed E-state index contributed by atoms with van der Waals surface area (Å²) in [5.74, 6) is -0.231. The molecule has 0 bridgehead atoms. The number of furan rings is 1. The fourth-order valence-electron chi connectivity index (χ4n) is 2.40. The van der Waals surface area contributed by atoms with Crippen LogP contribution >= 0.6 is 11.6 Å². The number of hydrogen-bond acceptors (Lipinski definition) is 6. The average molecular weight is 424 g/mol. The van der Waals surface area contributed by atoms with Gasteiger partial charge in [0.25, 0.3) is 0 Å². The SMILES string of the molecule is O=C(/C=C/c1ccc(Cn2cc(Cl)c([N+](=O)[O-])n2)o1)c1cccc(OC(F)F)c1. The van der Waals surface area contributed by atoms with Crippen molar-refractivity contribution in [2.75, 3.05) is 0 Å². The highest BCUT2D eigenvalue weighted by Crippen LogP contribution is 2.22. The maximum atomic E-state index is 12.3. The lowest BCUT2D eigenvalue weighted by atomic mass is 10.1. The summed E-state index contributed by atoms with van der Waals surface area (Å²) < 4.78 is 35.6. The second-order valence-corrected chi connectivity index (χ2v) is 6.07. The number of nitrogens with zero attached hydrogens (tertiary/aromatic N) is 3. The van der Waals surface area contributed by atoms with Gasteiger partial charge in [-0.2, -0.15) is 13.5 Å². The number of alkyl halides is 2. The van der Waals surface area contributed by atoms with E-state index in [-0.39, 0.29) is 22.9 Å². The van der Waals surface area contributed by atoms with Crippen molar-refractivity contribution in [2.24, 2.45) is 0 Å². The van der Waals surface area contributed by atoms with E-state index in [1.165, 1.54) is 47.3 Å². The minimum atomic E-state index is -2.98. The number of hydrogen-bond donors (Lipinski definition) is 0. The molecule has 0 saturated heterocycles. The van der Waals surface area contributed by atoms with Crippen LogP contribution in [0.4, 0.5) is 14.6 Å². The molecule has 8 nitrogen and oxygen atoms in total. The Balaban J connectivity index is 1.66. The molecule has 0 aliphatic carbocycles. The summed E-state index contributed by atoms with van der Waals surface area (Å²) >= 11 is 5.74. The van der Waals surface area contributed by atoms with E-state index in [0.29, 0.717) is 11.5 Å². The van der Waals surface area contributed by atoms with Crippen molar-refractivity contribution >= 4 is 29.3 Å². The Morgan fingerprint density at radius 2 is 2.17 bits per heavy atom. The van der Waals surface area contributed by atoms with Crippen LogP contribution in [0.2, 0.25) is 5.02 Å². The molecule has 0 atom stereocenters. The van der Waals surface area contributed by atoms with Gasteiger partial charge in [0.2, 0.25) is 0 Å². The van der Waals surface area contributed by atoms with Crippen molar-refractivity contribution < 1.29 is 27.7 Å².